The fraction of sp³-hybridized carbons (Fsp3) is 0.250. The zero-order valence-electron chi connectivity index (χ0n) is 7.56. The minimum absolute atomic E-state index is 0.267. The van der Waals surface area contributed by atoms with Crippen LogP contribution >= 0.6 is 0 Å². The Labute approximate surface area is 78.2 Å². The van der Waals surface area contributed by atoms with Crippen molar-refractivity contribution < 1.29 is 8.42 Å². The highest BCUT2D eigenvalue weighted by atomic mass is 32.2. The van der Waals surface area contributed by atoms with Crippen LogP contribution in [-0.2, 0) is 10.0 Å². The van der Waals surface area contributed by atoms with Gasteiger partial charge in [0.15, 0.2) is 0 Å². The highest BCUT2D eigenvalue weighted by Crippen LogP contribution is 2.06. The molecular weight excluding hydrogens is 188 g/mol. The summed E-state index contributed by atoms with van der Waals surface area (Å²) in [6.45, 7) is 0. The molecule has 1 aromatic rings. The Morgan fingerprint density at radius 1 is 1.15 bits per heavy atom. The number of sulfonamides is 1. The summed E-state index contributed by atoms with van der Waals surface area (Å²) in [6.07, 6.45) is 0. The first-order valence-electron chi connectivity index (χ1n) is 3.77. The summed E-state index contributed by atoms with van der Waals surface area (Å²) in [6, 6.07) is 8.24. The third-order valence-electron chi connectivity index (χ3n) is 1.36. The maximum Gasteiger partial charge on any atom is 0.253 e. The molecule has 0 fully saturated rings. The lowest BCUT2D eigenvalue weighted by Gasteiger charge is -2.11. The maximum atomic E-state index is 11.5. The normalized spacial score (nSPS) is 11.9. The third-order valence-corrected chi connectivity index (χ3v) is 2.85. The van der Waals surface area contributed by atoms with E-state index in [-0.39, 0.29) is 4.90 Å². The molecule has 0 aliphatic rings. The van der Waals surface area contributed by atoms with Crippen LogP contribution in [0, 0.1) is 0 Å². The Kier molecular flexibility index (Phi) is 3.02. The fourth-order valence-corrected chi connectivity index (χ4v) is 1.99. The summed E-state index contributed by atoms with van der Waals surface area (Å²) < 4.78 is 23.0. The second kappa shape index (κ2) is 3.87. The topological polar surface area (TPSA) is 49.4 Å². The molecule has 13 heavy (non-hydrogen) atoms. The van der Waals surface area contributed by atoms with Crippen LogP contribution in [0.25, 0.3) is 0 Å². The molecule has 1 rings (SSSR count). The summed E-state index contributed by atoms with van der Waals surface area (Å²) in [7, 11) is -0.133. The van der Waals surface area contributed by atoms with E-state index in [1.54, 1.807) is 44.4 Å². The van der Waals surface area contributed by atoms with Gasteiger partial charge in [-0.1, -0.05) is 18.2 Å². The Hall–Kier alpha value is -0.910. The van der Waals surface area contributed by atoms with Crippen molar-refractivity contribution in [2.45, 2.75) is 4.90 Å². The summed E-state index contributed by atoms with van der Waals surface area (Å²) in [4.78, 5) is 2.61. The van der Waals surface area contributed by atoms with Crippen molar-refractivity contribution in [1.29, 1.82) is 0 Å². The van der Waals surface area contributed by atoms with Gasteiger partial charge >= 0.3 is 0 Å². The van der Waals surface area contributed by atoms with Crippen molar-refractivity contribution in [3.63, 3.8) is 0 Å². The predicted octanol–water partition coefficient (Wildman–Crippen LogP) is 0.441. The van der Waals surface area contributed by atoms with E-state index in [1.165, 1.54) is 5.01 Å². The Morgan fingerprint density at radius 3 is 2.15 bits per heavy atom. The zero-order valence-corrected chi connectivity index (χ0v) is 8.38. The number of rotatable bonds is 3. The van der Waals surface area contributed by atoms with Crippen LogP contribution in [0.5, 0.6) is 0 Å². The molecule has 0 amide bonds. The summed E-state index contributed by atoms with van der Waals surface area (Å²) in [5.74, 6) is 0. The molecule has 0 spiro atoms. The number of benzene rings is 1. The van der Waals surface area contributed by atoms with Crippen LogP contribution in [0.3, 0.4) is 0 Å². The molecule has 5 heteroatoms. The molecule has 0 radical (unpaired) electrons. The quantitative estimate of drug-likeness (QED) is 0.720. The molecule has 0 atom stereocenters. The highest BCUT2D eigenvalue weighted by Gasteiger charge is 2.12. The van der Waals surface area contributed by atoms with E-state index < -0.39 is 10.0 Å². The third kappa shape index (κ3) is 2.80. The van der Waals surface area contributed by atoms with Crippen molar-refractivity contribution in [2.75, 3.05) is 14.1 Å². The van der Waals surface area contributed by atoms with E-state index in [0.29, 0.717) is 0 Å². The van der Waals surface area contributed by atoms with Gasteiger partial charge in [0.05, 0.1) is 4.90 Å². The van der Waals surface area contributed by atoms with Crippen LogP contribution in [0.1, 0.15) is 0 Å². The van der Waals surface area contributed by atoms with Gasteiger partial charge in [-0.05, 0) is 12.1 Å². The summed E-state index contributed by atoms with van der Waals surface area (Å²) in [5.41, 5.74) is 0. The van der Waals surface area contributed by atoms with Gasteiger partial charge in [0.25, 0.3) is 10.0 Å². The summed E-state index contributed by atoms with van der Waals surface area (Å²) >= 11 is 0. The van der Waals surface area contributed by atoms with E-state index in [9.17, 15) is 8.42 Å². The first kappa shape index (κ1) is 10.2. The standard InChI is InChI=1S/C8H12N2O2S/c1-10(2)9-13(11,12)8-6-4-3-5-7-8/h3-7,9H,1-2H3. The molecule has 0 aromatic heterocycles. The van der Waals surface area contributed by atoms with Crippen LogP contribution in [0.4, 0.5) is 0 Å². The van der Waals surface area contributed by atoms with Crippen LogP contribution in [0.15, 0.2) is 35.2 Å². The van der Waals surface area contributed by atoms with Gasteiger partial charge in [0.1, 0.15) is 0 Å². The molecule has 0 aliphatic carbocycles. The first-order chi connectivity index (χ1) is 6.02. The molecular formula is C8H12N2O2S. The highest BCUT2D eigenvalue weighted by molar-refractivity contribution is 7.89. The molecule has 1 aromatic carbocycles. The Bertz CT molecular complexity index is 359. The van der Waals surface area contributed by atoms with Crippen molar-refractivity contribution in [3.8, 4) is 0 Å². The number of nitrogens with zero attached hydrogens (tertiary/aromatic N) is 1. The Balaban J connectivity index is 2.96. The second-order valence-electron chi connectivity index (χ2n) is 2.80. The minimum Gasteiger partial charge on any atom is -0.237 e. The average Bonchev–Trinajstić information content (AvgIpc) is 2.04. The van der Waals surface area contributed by atoms with Gasteiger partial charge in [0, 0.05) is 14.1 Å². The van der Waals surface area contributed by atoms with E-state index in [2.05, 4.69) is 4.83 Å². The van der Waals surface area contributed by atoms with Crippen molar-refractivity contribution in [2.24, 2.45) is 0 Å². The van der Waals surface area contributed by atoms with Crippen LogP contribution in [0.2, 0.25) is 0 Å². The Morgan fingerprint density at radius 2 is 1.69 bits per heavy atom. The van der Waals surface area contributed by atoms with Crippen LogP contribution in [-0.4, -0.2) is 27.5 Å². The van der Waals surface area contributed by atoms with Crippen molar-refractivity contribution in [1.82, 2.24) is 9.84 Å². The second-order valence-corrected chi connectivity index (χ2v) is 4.46. The number of hydrazine groups is 1. The largest absolute Gasteiger partial charge is 0.253 e. The van der Waals surface area contributed by atoms with Gasteiger partial charge in [-0.3, -0.25) is 0 Å². The molecule has 0 heterocycles. The van der Waals surface area contributed by atoms with Gasteiger partial charge < -0.3 is 0 Å². The van der Waals surface area contributed by atoms with E-state index in [1.807, 2.05) is 0 Å². The molecule has 72 valence electrons. The smallest absolute Gasteiger partial charge is 0.237 e. The van der Waals surface area contributed by atoms with Crippen molar-refractivity contribution >= 4 is 10.0 Å². The van der Waals surface area contributed by atoms with Gasteiger partial charge in [-0.2, -0.15) is 0 Å². The molecule has 0 bridgehead atoms. The number of nitrogens with one attached hydrogen (secondary N) is 1. The lowest BCUT2D eigenvalue weighted by Crippen LogP contribution is -2.36. The van der Waals surface area contributed by atoms with E-state index in [4.69, 9.17) is 0 Å². The first-order valence-corrected chi connectivity index (χ1v) is 5.25. The van der Waals surface area contributed by atoms with Crippen molar-refractivity contribution in [3.05, 3.63) is 30.3 Å². The monoisotopic (exact) mass is 200 g/mol. The van der Waals surface area contributed by atoms with Crippen LogP contribution < -0.4 is 4.83 Å². The molecule has 0 aliphatic heterocycles. The molecule has 0 saturated carbocycles. The molecule has 0 saturated heterocycles. The number of hydrogen-bond donors (Lipinski definition) is 1. The maximum absolute atomic E-state index is 11.5. The fourth-order valence-electron chi connectivity index (χ4n) is 0.893. The lowest BCUT2D eigenvalue weighted by molar-refractivity contribution is 0.364. The van der Waals surface area contributed by atoms with E-state index >= 15 is 0 Å². The SMILES string of the molecule is CN(C)NS(=O)(=O)c1ccccc1. The molecule has 4 nitrogen and oxygen atoms in total. The van der Waals surface area contributed by atoms with E-state index in [0.717, 1.165) is 0 Å². The molecule has 0 unspecified atom stereocenters. The average molecular weight is 200 g/mol. The molecule has 1 N–H and O–H groups in total. The predicted molar refractivity (Wildman–Crippen MR) is 50.5 cm³/mol. The minimum atomic E-state index is -3.38. The number of hydrogen-bond acceptors (Lipinski definition) is 3. The summed E-state index contributed by atoms with van der Waals surface area (Å²) in [5, 5.41) is 1.39. The zero-order chi connectivity index (χ0) is 9.90. The lowest BCUT2D eigenvalue weighted by atomic mass is 10.4. The van der Waals surface area contributed by atoms with Gasteiger partial charge in [-0.15, -0.1) is 4.83 Å². The van der Waals surface area contributed by atoms with Gasteiger partial charge in [-0.25, -0.2) is 13.4 Å². The van der Waals surface area contributed by atoms with Gasteiger partial charge in [0.2, 0.25) is 0 Å².